The molecule has 4 nitrogen and oxygen atoms in total. The Bertz CT molecular complexity index is 784. The molecule has 6 heteroatoms. The SMILES string of the molecule is C[C@@H]1CN(C(=O)COc2cccc(I)c2)[C@@H](C)CN1Cc1ccc(F)cc1. The molecule has 2 aromatic carbocycles. The van der Waals surface area contributed by atoms with Gasteiger partial charge in [-0.1, -0.05) is 18.2 Å². The zero-order valence-electron chi connectivity index (χ0n) is 15.6. The highest BCUT2D eigenvalue weighted by molar-refractivity contribution is 14.1. The minimum Gasteiger partial charge on any atom is -0.484 e. The quantitative estimate of drug-likeness (QED) is 0.606. The Morgan fingerprint density at radius 1 is 1.15 bits per heavy atom. The Balaban J connectivity index is 1.55. The summed E-state index contributed by atoms with van der Waals surface area (Å²) in [7, 11) is 0. The number of rotatable bonds is 5. The van der Waals surface area contributed by atoms with Crippen LogP contribution in [0.3, 0.4) is 0 Å². The normalized spacial score (nSPS) is 20.5. The molecule has 1 fully saturated rings. The molecule has 0 aliphatic carbocycles. The largest absolute Gasteiger partial charge is 0.484 e. The van der Waals surface area contributed by atoms with Gasteiger partial charge in [-0.25, -0.2) is 4.39 Å². The second kappa shape index (κ2) is 9.01. The van der Waals surface area contributed by atoms with E-state index < -0.39 is 0 Å². The van der Waals surface area contributed by atoms with Crippen molar-refractivity contribution in [1.82, 2.24) is 9.80 Å². The van der Waals surface area contributed by atoms with E-state index in [0.29, 0.717) is 12.3 Å². The molecule has 0 bridgehead atoms. The number of hydrogen-bond acceptors (Lipinski definition) is 3. The van der Waals surface area contributed by atoms with Crippen LogP contribution in [0, 0.1) is 9.39 Å². The van der Waals surface area contributed by atoms with Gasteiger partial charge in [0.25, 0.3) is 5.91 Å². The molecule has 1 aliphatic heterocycles. The van der Waals surface area contributed by atoms with Gasteiger partial charge >= 0.3 is 0 Å². The lowest BCUT2D eigenvalue weighted by Crippen LogP contribution is -2.58. The number of carbonyl (C=O) groups is 1. The third kappa shape index (κ3) is 5.42. The van der Waals surface area contributed by atoms with Crippen molar-refractivity contribution in [3.05, 3.63) is 63.5 Å². The van der Waals surface area contributed by atoms with Crippen LogP contribution in [0.4, 0.5) is 4.39 Å². The van der Waals surface area contributed by atoms with Gasteiger partial charge in [0.05, 0.1) is 0 Å². The van der Waals surface area contributed by atoms with E-state index in [0.717, 1.165) is 22.2 Å². The van der Waals surface area contributed by atoms with E-state index in [1.165, 1.54) is 12.1 Å². The number of piperazine rings is 1. The van der Waals surface area contributed by atoms with Gasteiger partial charge < -0.3 is 9.64 Å². The highest BCUT2D eigenvalue weighted by atomic mass is 127. The van der Waals surface area contributed by atoms with Gasteiger partial charge in [-0.2, -0.15) is 0 Å². The molecular formula is C21H24FIN2O2. The summed E-state index contributed by atoms with van der Waals surface area (Å²) in [6.45, 7) is 6.44. The second-order valence-electron chi connectivity index (χ2n) is 7.05. The van der Waals surface area contributed by atoms with Crippen molar-refractivity contribution in [1.29, 1.82) is 0 Å². The number of hydrogen-bond donors (Lipinski definition) is 0. The average Bonchev–Trinajstić information content (AvgIpc) is 2.64. The van der Waals surface area contributed by atoms with Gasteiger partial charge in [0.15, 0.2) is 6.61 Å². The number of carbonyl (C=O) groups excluding carboxylic acids is 1. The lowest BCUT2D eigenvalue weighted by molar-refractivity contribution is -0.139. The van der Waals surface area contributed by atoms with E-state index in [1.807, 2.05) is 41.3 Å². The first-order valence-corrected chi connectivity index (χ1v) is 10.2. The molecular weight excluding hydrogens is 458 g/mol. The smallest absolute Gasteiger partial charge is 0.260 e. The fourth-order valence-corrected chi connectivity index (χ4v) is 3.89. The summed E-state index contributed by atoms with van der Waals surface area (Å²) >= 11 is 2.22. The van der Waals surface area contributed by atoms with Crippen molar-refractivity contribution in [3.63, 3.8) is 0 Å². The molecule has 0 radical (unpaired) electrons. The third-order valence-corrected chi connectivity index (χ3v) is 5.56. The third-order valence-electron chi connectivity index (χ3n) is 4.89. The molecule has 0 spiro atoms. The van der Waals surface area contributed by atoms with Crippen LogP contribution in [0.5, 0.6) is 5.75 Å². The van der Waals surface area contributed by atoms with Crippen molar-refractivity contribution >= 4 is 28.5 Å². The molecule has 0 aromatic heterocycles. The molecule has 0 unspecified atom stereocenters. The van der Waals surface area contributed by atoms with Crippen molar-refractivity contribution in [2.24, 2.45) is 0 Å². The number of amides is 1. The van der Waals surface area contributed by atoms with E-state index in [9.17, 15) is 9.18 Å². The molecule has 1 heterocycles. The zero-order chi connectivity index (χ0) is 19.4. The lowest BCUT2D eigenvalue weighted by atomic mass is 10.1. The Morgan fingerprint density at radius 2 is 1.89 bits per heavy atom. The van der Waals surface area contributed by atoms with Gasteiger partial charge in [0.1, 0.15) is 11.6 Å². The fraction of sp³-hybridized carbons (Fsp3) is 0.381. The fourth-order valence-electron chi connectivity index (χ4n) is 3.38. The van der Waals surface area contributed by atoms with Crippen LogP contribution >= 0.6 is 22.6 Å². The second-order valence-corrected chi connectivity index (χ2v) is 8.29. The zero-order valence-corrected chi connectivity index (χ0v) is 17.7. The van der Waals surface area contributed by atoms with Crippen molar-refractivity contribution in [3.8, 4) is 5.75 Å². The minimum atomic E-state index is -0.219. The maximum absolute atomic E-state index is 13.1. The van der Waals surface area contributed by atoms with Gasteiger partial charge in [0.2, 0.25) is 0 Å². The van der Waals surface area contributed by atoms with Crippen LogP contribution in [0.1, 0.15) is 19.4 Å². The van der Waals surface area contributed by atoms with Crippen molar-refractivity contribution in [2.75, 3.05) is 19.7 Å². The number of halogens is 2. The predicted octanol–water partition coefficient (Wildman–Crippen LogP) is 3.93. The van der Waals surface area contributed by atoms with E-state index in [-0.39, 0.29) is 30.4 Å². The molecule has 0 N–H and O–H groups in total. The molecule has 2 atom stereocenters. The molecule has 27 heavy (non-hydrogen) atoms. The predicted molar refractivity (Wildman–Crippen MR) is 112 cm³/mol. The van der Waals surface area contributed by atoms with Gasteiger partial charge in [0, 0.05) is 35.3 Å². The highest BCUT2D eigenvalue weighted by Crippen LogP contribution is 2.20. The Hall–Kier alpha value is -1.67. The van der Waals surface area contributed by atoms with Gasteiger partial charge in [-0.15, -0.1) is 0 Å². The van der Waals surface area contributed by atoms with E-state index in [4.69, 9.17) is 4.74 Å². The van der Waals surface area contributed by atoms with Gasteiger partial charge in [-0.05, 0) is 72.3 Å². The Morgan fingerprint density at radius 3 is 2.59 bits per heavy atom. The van der Waals surface area contributed by atoms with Crippen LogP contribution in [0.15, 0.2) is 48.5 Å². The first-order valence-electron chi connectivity index (χ1n) is 9.08. The molecule has 1 aliphatic rings. The first kappa shape index (κ1) is 20.1. The van der Waals surface area contributed by atoms with Crippen LogP contribution in [0.25, 0.3) is 0 Å². The summed E-state index contributed by atoms with van der Waals surface area (Å²) in [6, 6.07) is 14.6. The minimum absolute atomic E-state index is 0.00893. The summed E-state index contributed by atoms with van der Waals surface area (Å²) in [5, 5.41) is 0. The number of ether oxygens (including phenoxy) is 1. The summed E-state index contributed by atoms with van der Waals surface area (Å²) < 4.78 is 19.8. The number of benzene rings is 2. The maximum Gasteiger partial charge on any atom is 0.260 e. The van der Waals surface area contributed by atoms with Crippen molar-refractivity contribution in [2.45, 2.75) is 32.5 Å². The van der Waals surface area contributed by atoms with Crippen LogP contribution in [0.2, 0.25) is 0 Å². The van der Waals surface area contributed by atoms with Crippen LogP contribution < -0.4 is 4.74 Å². The molecule has 1 amide bonds. The monoisotopic (exact) mass is 482 g/mol. The van der Waals surface area contributed by atoms with E-state index >= 15 is 0 Å². The maximum atomic E-state index is 13.1. The lowest BCUT2D eigenvalue weighted by Gasteiger charge is -2.44. The Kier molecular flexibility index (Phi) is 6.70. The summed E-state index contributed by atoms with van der Waals surface area (Å²) in [4.78, 5) is 16.9. The Labute approximate surface area is 173 Å². The van der Waals surface area contributed by atoms with Crippen LogP contribution in [-0.2, 0) is 11.3 Å². The van der Waals surface area contributed by atoms with Crippen molar-refractivity contribution < 1.29 is 13.9 Å². The number of nitrogens with zero attached hydrogens (tertiary/aromatic N) is 2. The summed E-state index contributed by atoms with van der Waals surface area (Å²) in [6.07, 6.45) is 0. The molecule has 1 saturated heterocycles. The molecule has 0 saturated carbocycles. The molecule has 144 valence electrons. The average molecular weight is 482 g/mol. The topological polar surface area (TPSA) is 32.8 Å². The molecule has 2 aromatic rings. The first-order chi connectivity index (χ1) is 12.9. The highest BCUT2D eigenvalue weighted by Gasteiger charge is 2.32. The summed E-state index contributed by atoms with van der Waals surface area (Å²) in [5.74, 6) is 0.504. The van der Waals surface area contributed by atoms with E-state index in [1.54, 1.807) is 0 Å². The molecule has 3 rings (SSSR count). The summed E-state index contributed by atoms with van der Waals surface area (Å²) in [5.41, 5.74) is 1.08. The van der Waals surface area contributed by atoms with E-state index in [2.05, 4.69) is 41.3 Å². The standard InChI is InChI=1S/C21H24FIN2O2/c1-15-12-25(21(26)14-27-20-5-3-4-19(23)10-20)16(2)11-24(15)13-17-6-8-18(22)9-7-17/h3-10,15-16H,11-14H2,1-2H3/t15-,16+/m1/s1. The van der Waals surface area contributed by atoms with Crippen LogP contribution in [-0.4, -0.2) is 47.5 Å². The van der Waals surface area contributed by atoms with Gasteiger partial charge in [-0.3, -0.25) is 9.69 Å².